The van der Waals surface area contributed by atoms with Gasteiger partial charge in [-0.25, -0.2) is 0 Å². The van der Waals surface area contributed by atoms with E-state index in [1.54, 1.807) is 24.1 Å². The molecule has 0 spiro atoms. The normalized spacial score (nSPS) is 14.2. The van der Waals surface area contributed by atoms with Crippen LogP contribution in [0.4, 0.5) is 11.4 Å². The Kier molecular flexibility index (Phi) is 8.93. The first kappa shape index (κ1) is 25.6. The highest BCUT2D eigenvalue weighted by molar-refractivity contribution is 6.06. The summed E-state index contributed by atoms with van der Waals surface area (Å²) < 4.78 is 6.09. The van der Waals surface area contributed by atoms with E-state index in [1.165, 1.54) is 0 Å². The van der Waals surface area contributed by atoms with E-state index < -0.39 is 0 Å². The van der Waals surface area contributed by atoms with Gasteiger partial charge in [-0.1, -0.05) is 6.07 Å². The van der Waals surface area contributed by atoms with Crippen molar-refractivity contribution < 1.29 is 14.3 Å². The maximum absolute atomic E-state index is 13.1. The molecule has 0 unspecified atom stereocenters. The molecule has 2 amide bonds. The number of nitrogens with two attached hydrogens (primary N) is 1. The van der Waals surface area contributed by atoms with Crippen LogP contribution >= 0.6 is 0 Å². The number of nitrogens with zero attached hydrogens (tertiary/aromatic N) is 3. The Morgan fingerprint density at radius 2 is 1.74 bits per heavy atom. The highest BCUT2D eigenvalue weighted by Crippen LogP contribution is 2.30. The van der Waals surface area contributed by atoms with E-state index in [0.29, 0.717) is 30.0 Å². The van der Waals surface area contributed by atoms with Crippen molar-refractivity contribution in [3.8, 4) is 5.75 Å². The first-order valence-electron chi connectivity index (χ1n) is 12.1. The lowest BCUT2D eigenvalue weighted by atomic mass is 10.1. The maximum Gasteiger partial charge on any atom is 0.258 e. The fourth-order valence-electron chi connectivity index (χ4n) is 4.08. The van der Waals surface area contributed by atoms with Gasteiger partial charge in [0.25, 0.3) is 5.91 Å². The number of likely N-dealkylation sites (N-methyl/N-ethyl adjacent to an activating group) is 1. The van der Waals surface area contributed by atoms with Crippen molar-refractivity contribution >= 4 is 23.2 Å². The molecule has 1 saturated heterocycles. The van der Waals surface area contributed by atoms with Crippen molar-refractivity contribution in [3.05, 3.63) is 53.1 Å². The summed E-state index contributed by atoms with van der Waals surface area (Å²) in [6, 6.07) is 11.2. The molecule has 0 atom stereocenters. The van der Waals surface area contributed by atoms with Gasteiger partial charge in [-0.3, -0.25) is 9.59 Å². The van der Waals surface area contributed by atoms with Gasteiger partial charge in [-0.2, -0.15) is 0 Å². The molecule has 2 N–H and O–H groups in total. The van der Waals surface area contributed by atoms with Gasteiger partial charge in [0.15, 0.2) is 0 Å². The lowest BCUT2D eigenvalue weighted by molar-refractivity contribution is -0.132. The second-order valence-electron chi connectivity index (χ2n) is 9.25. The molecule has 3 rings (SSSR count). The third-order valence-corrected chi connectivity index (χ3v) is 6.45. The Labute approximate surface area is 203 Å². The zero-order chi connectivity index (χ0) is 24.7. The smallest absolute Gasteiger partial charge is 0.258 e. The van der Waals surface area contributed by atoms with Crippen LogP contribution in [0.15, 0.2) is 36.4 Å². The molecule has 184 valence electrons. The molecule has 2 aromatic carbocycles. The number of hydrogen-bond acceptors (Lipinski definition) is 5. The summed E-state index contributed by atoms with van der Waals surface area (Å²) in [5.74, 6) is 0.837. The second kappa shape index (κ2) is 11.9. The van der Waals surface area contributed by atoms with Crippen molar-refractivity contribution in [1.29, 1.82) is 0 Å². The summed E-state index contributed by atoms with van der Waals surface area (Å²) >= 11 is 0. The lowest BCUT2D eigenvalue weighted by Crippen LogP contribution is -2.47. The molecular formula is C27H38N4O3. The number of carbonyl (C=O) groups is 2. The van der Waals surface area contributed by atoms with Crippen LogP contribution in [0.2, 0.25) is 0 Å². The Morgan fingerprint density at radius 3 is 2.44 bits per heavy atom. The zero-order valence-electron chi connectivity index (χ0n) is 21.0. The number of amides is 2. The van der Waals surface area contributed by atoms with Crippen molar-refractivity contribution in [3.63, 3.8) is 0 Å². The monoisotopic (exact) mass is 466 g/mol. The largest absolute Gasteiger partial charge is 0.491 e. The molecule has 1 aliphatic rings. The lowest BCUT2D eigenvalue weighted by Gasteiger charge is -2.32. The standard InChI is InChI=1S/C27H38N4O3/c1-20-9-12-24(30(4)27(33)22-10-11-23(28)21(2)19-22)25(18-20)34-17-7-5-6-8-26(32)31-15-13-29(3)14-16-31/h9-12,18-19H,5-8,13-17,28H2,1-4H3. The first-order valence-corrected chi connectivity index (χ1v) is 12.1. The molecule has 0 saturated carbocycles. The van der Waals surface area contributed by atoms with Crippen molar-refractivity contribution in [2.45, 2.75) is 39.5 Å². The Balaban J connectivity index is 1.50. The van der Waals surface area contributed by atoms with Crippen molar-refractivity contribution in [2.24, 2.45) is 0 Å². The SMILES string of the molecule is Cc1ccc(N(C)C(=O)c2ccc(N)c(C)c2)c(OCCCCCC(=O)N2CCN(C)CC2)c1. The number of hydrogen-bond donors (Lipinski definition) is 1. The third-order valence-electron chi connectivity index (χ3n) is 6.45. The van der Waals surface area contributed by atoms with Crippen LogP contribution in [0.25, 0.3) is 0 Å². The predicted octanol–water partition coefficient (Wildman–Crippen LogP) is 3.88. The number of aryl methyl sites for hydroxylation is 2. The van der Waals surface area contributed by atoms with Crippen LogP contribution in [0.3, 0.4) is 0 Å². The summed E-state index contributed by atoms with van der Waals surface area (Å²) in [5.41, 5.74) is 9.84. The fraction of sp³-hybridized carbons (Fsp3) is 0.481. The van der Waals surface area contributed by atoms with Gasteiger partial charge in [-0.05, 0) is 81.6 Å². The first-order chi connectivity index (χ1) is 16.3. The molecule has 0 aliphatic carbocycles. The van der Waals surface area contributed by atoms with Gasteiger partial charge in [0.05, 0.1) is 12.3 Å². The van der Waals surface area contributed by atoms with E-state index in [2.05, 4.69) is 11.9 Å². The summed E-state index contributed by atoms with van der Waals surface area (Å²) in [6.45, 7) is 8.01. The van der Waals surface area contributed by atoms with Gasteiger partial charge in [0.1, 0.15) is 5.75 Å². The average molecular weight is 467 g/mol. The number of unbranched alkanes of at least 4 members (excludes halogenated alkanes) is 2. The molecule has 0 aromatic heterocycles. The van der Waals surface area contributed by atoms with Gasteiger partial charge >= 0.3 is 0 Å². The van der Waals surface area contributed by atoms with E-state index in [4.69, 9.17) is 10.5 Å². The molecule has 0 radical (unpaired) electrons. The summed E-state index contributed by atoms with van der Waals surface area (Å²) in [6.07, 6.45) is 3.25. The van der Waals surface area contributed by atoms with Gasteiger partial charge in [0, 0.05) is 50.9 Å². The van der Waals surface area contributed by atoms with Crippen LogP contribution in [-0.2, 0) is 4.79 Å². The van der Waals surface area contributed by atoms with Crippen molar-refractivity contribution in [1.82, 2.24) is 9.80 Å². The molecular weight excluding hydrogens is 428 g/mol. The van der Waals surface area contributed by atoms with Gasteiger partial charge in [-0.15, -0.1) is 0 Å². The quantitative estimate of drug-likeness (QED) is 0.448. The number of carbonyl (C=O) groups excluding carboxylic acids is 2. The molecule has 1 fully saturated rings. The number of ether oxygens (including phenoxy) is 1. The topological polar surface area (TPSA) is 79.1 Å². The van der Waals surface area contributed by atoms with Gasteiger partial charge in [0.2, 0.25) is 5.91 Å². The predicted molar refractivity (Wildman–Crippen MR) is 138 cm³/mol. The fourth-order valence-corrected chi connectivity index (χ4v) is 4.08. The molecule has 2 aromatic rings. The van der Waals surface area contributed by atoms with Crippen LogP contribution in [0.5, 0.6) is 5.75 Å². The number of benzene rings is 2. The molecule has 0 bridgehead atoms. The van der Waals surface area contributed by atoms with Crippen LogP contribution < -0.4 is 15.4 Å². The summed E-state index contributed by atoms with van der Waals surface area (Å²) in [4.78, 5) is 31.3. The van der Waals surface area contributed by atoms with Gasteiger partial charge < -0.3 is 25.2 Å². The minimum atomic E-state index is -0.112. The molecule has 7 nitrogen and oxygen atoms in total. The third kappa shape index (κ3) is 6.73. The van der Waals surface area contributed by atoms with Crippen LogP contribution in [0, 0.1) is 13.8 Å². The van der Waals surface area contributed by atoms with E-state index in [-0.39, 0.29) is 11.8 Å². The van der Waals surface area contributed by atoms with E-state index >= 15 is 0 Å². The Bertz CT molecular complexity index is 999. The number of anilines is 2. The molecule has 1 aliphatic heterocycles. The molecule has 1 heterocycles. The maximum atomic E-state index is 13.1. The Morgan fingerprint density at radius 1 is 1.00 bits per heavy atom. The molecule has 7 heteroatoms. The Hall–Kier alpha value is -3.06. The van der Waals surface area contributed by atoms with Crippen molar-refractivity contribution in [2.75, 3.05) is 57.5 Å². The highest BCUT2D eigenvalue weighted by atomic mass is 16.5. The van der Waals surface area contributed by atoms with Crippen LogP contribution in [0.1, 0.15) is 47.2 Å². The van der Waals surface area contributed by atoms with E-state index in [9.17, 15) is 9.59 Å². The molecule has 34 heavy (non-hydrogen) atoms. The minimum absolute atomic E-state index is 0.112. The minimum Gasteiger partial charge on any atom is -0.491 e. The number of rotatable bonds is 9. The second-order valence-corrected chi connectivity index (χ2v) is 9.25. The number of nitrogen functional groups attached to an aromatic ring is 1. The highest BCUT2D eigenvalue weighted by Gasteiger charge is 2.19. The summed E-state index contributed by atoms with van der Waals surface area (Å²) in [5, 5.41) is 0. The van der Waals surface area contributed by atoms with E-state index in [0.717, 1.165) is 62.3 Å². The summed E-state index contributed by atoms with van der Waals surface area (Å²) in [7, 11) is 3.85. The number of piperazine rings is 1. The zero-order valence-corrected chi connectivity index (χ0v) is 21.0. The van der Waals surface area contributed by atoms with Crippen LogP contribution in [-0.4, -0.2) is 68.5 Å². The average Bonchev–Trinajstić information content (AvgIpc) is 2.82. The van der Waals surface area contributed by atoms with E-state index in [1.807, 2.05) is 43.0 Å².